The molecule has 8 nitrogen and oxygen atoms in total. The summed E-state index contributed by atoms with van der Waals surface area (Å²) in [7, 11) is 1.86. The minimum absolute atomic E-state index is 0.0490. The molecule has 1 aliphatic heterocycles. The number of hydrogen-bond donors (Lipinski definition) is 4. The topological polar surface area (TPSA) is 131 Å². The van der Waals surface area contributed by atoms with Crippen LogP contribution in [0.1, 0.15) is 28.3 Å². The Bertz CT molecular complexity index is 1250. The Balaban J connectivity index is 1.98. The summed E-state index contributed by atoms with van der Waals surface area (Å²) < 4.78 is 6.46. The predicted octanol–water partition coefficient (Wildman–Crippen LogP) is 3.11. The SMILES string of the molecule is CN1CC[C@H](c2c(O)cc(O)c3c(=O)cc(-c4ccc(C(=O)O)cc4Br)oc23)[C@H]1CO. The zero-order valence-electron chi connectivity index (χ0n) is 16.5. The van der Waals surface area contributed by atoms with Crippen LogP contribution in [0.15, 0.2) is 44.0 Å². The first-order valence-electron chi connectivity index (χ1n) is 9.60. The van der Waals surface area contributed by atoms with E-state index in [0.717, 1.165) is 6.07 Å². The molecule has 0 saturated carbocycles. The normalized spacial score (nSPS) is 19.2. The Hall–Kier alpha value is -2.88. The van der Waals surface area contributed by atoms with Crippen LogP contribution in [0.5, 0.6) is 11.5 Å². The van der Waals surface area contributed by atoms with Gasteiger partial charge in [-0.15, -0.1) is 0 Å². The summed E-state index contributed by atoms with van der Waals surface area (Å²) >= 11 is 3.32. The van der Waals surface area contributed by atoms with Crippen molar-refractivity contribution < 1.29 is 29.6 Å². The van der Waals surface area contributed by atoms with Gasteiger partial charge in [-0.2, -0.15) is 0 Å². The Labute approximate surface area is 185 Å². The smallest absolute Gasteiger partial charge is 0.335 e. The molecule has 162 valence electrons. The van der Waals surface area contributed by atoms with Gasteiger partial charge in [0.1, 0.15) is 28.2 Å². The van der Waals surface area contributed by atoms with E-state index in [4.69, 9.17) is 4.42 Å². The number of carboxylic acids is 1. The highest BCUT2D eigenvalue weighted by molar-refractivity contribution is 9.10. The summed E-state index contributed by atoms with van der Waals surface area (Å²) in [6, 6.07) is 6.36. The number of rotatable bonds is 4. The van der Waals surface area contributed by atoms with Gasteiger partial charge in [0.2, 0.25) is 0 Å². The molecule has 0 aliphatic carbocycles. The van der Waals surface area contributed by atoms with Gasteiger partial charge in [-0.3, -0.25) is 4.79 Å². The molecule has 4 rings (SSSR count). The average molecular weight is 490 g/mol. The third-order valence-corrected chi connectivity index (χ3v) is 6.52. The number of phenols is 2. The molecule has 0 bridgehead atoms. The molecule has 1 saturated heterocycles. The number of nitrogens with zero attached hydrogens (tertiary/aromatic N) is 1. The molecule has 1 aromatic heterocycles. The van der Waals surface area contributed by atoms with Gasteiger partial charge in [0, 0.05) is 39.7 Å². The number of likely N-dealkylation sites (tertiary alicyclic amines) is 1. The Morgan fingerprint density at radius 3 is 2.61 bits per heavy atom. The van der Waals surface area contributed by atoms with Crippen molar-refractivity contribution in [3.63, 3.8) is 0 Å². The first-order valence-corrected chi connectivity index (χ1v) is 10.4. The molecule has 4 N–H and O–H groups in total. The number of hydrogen-bond acceptors (Lipinski definition) is 7. The Morgan fingerprint density at radius 1 is 1.23 bits per heavy atom. The van der Waals surface area contributed by atoms with E-state index in [1.807, 2.05) is 11.9 Å². The van der Waals surface area contributed by atoms with Crippen molar-refractivity contribution in [1.82, 2.24) is 4.90 Å². The number of aromatic carboxylic acids is 1. The maximum absolute atomic E-state index is 12.9. The van der Waals surface area contributed by atoms with Crippen LogP contribution in [0.25, 0.3) is 22.3 Å². The maximum atomic E-state index is 12.9. The first kappa shape index (κ1) is 21.4. The molecule has 1 fully saturated rings. The maximum Gasteiger partial charge on any atom is 0.335 e. The van der Waals surface area contributed by atoms with Gasteiger partial charge in [-0.25, -0.2) is 4.79 Å². The second-order valence-electron chi connectivity index (χ2n) is 7.63. The van der Waals surface area contributed by atoms with Crippen LogP contribution in [0.4, 0.5) is 0 Å². The van der Waals surface area contributed by atoms with Crippen molar-refractivity contribution in [1.29, 1.82) is 0 Å². The molecule has 1 aliphatic rings. The van der Waals surface area contributed by atoms with Crippen LogP contribution in [-0.4, -0.2) is 57.5 Å². The molecule has 2 atom stereocenters. The Morgan fingerprint density at radius 2 is 1.97 bits per heavy atom. The molecular weight excluding hydrogens is 470 g/mol. The van der Waals surface area contributed by atoms with Crippen LogP contribution >= 0.6 is 15.9 Å². The number of fused-ring (bicyclic) bond motifs is 1. The largest absolute Gasteiger partial charge is 0.507 e. The summed E-state index contributed by atoms with van der Waals surface area (Å²) in [5.74, 6) is -1.87. The lowest BCUT2D eigenvalue weighted by Crippen LogP contribution is -2.32. The van der Waals surface area contributed by atoms with Crippen molar-refractivity contribution in [2.75, 3.05) is 20.2 Å². The van der Waals surface area contributed by atoms with Crippen LogP contribution in [0, 0.1) is 0 Å². The lowest BCUT2D eigenvalue weighted by Gasteiger charge is -2.24. The summed E-state index contributed by atoms with van der Waals surface area (Å²) in [6.07, 6.45) is 0.625. The van der Waals surface area contributed by atoms with Gasteiger partial charge in [-0.1, -0.05) is 15.9 Å². The van der Waals surface area contributed by atoms with E-state index < -0.39 is 17.1 Å². The van der Waals surface area contributed by atoms with Gasteiger partial charge < -0.3 is 29.7 Å². The highest BCUT2D eigenvalue weighted by Crippen LogP contribution is 2.44. The lowest BCUT2D eigenvalue weighted by atomic mass is 9.89. The van der Waals surface area contributed by atoms with E-state index >= 15 is 0 Å². The van der Waals surface area contributed by atoms with Gasteiger partial charge in [0.05, 0.1) is 12.2 Å². The number of aliphatic hydroxyl groups is 1. The van der Waals surface area contributed by atoms with Crippen molar-refractivity contribution in [2.45, 2.75) is 18.4 Å². The summed E-state index contributed by atoms with van der Waals surface area (Å²) in [4.78, 5) is 26.1. The average Bonchev–Trinajstić information content (AvgIpc) is 3.07. The van der Waals surface area contributed by atoms with E-state index in [9.17, 15) is 30.0 Å². The van der Waals surface area contributed by atoms with Crippen molar-refractivity contribution >= 4 is 32.9 Å². The fourth-order valence-corrected chi connectivity index (χ4v) is 4.85. The third kappa shape index (κ3) is 3.58. The van der Waals surface area contributed by atoms with Gasteiger partial charge in [0.15, 0.2) is 5.43 Å². The highest BCUT2D eigenvalue weighted by atomic mass is 79.9. The van der Waals surface area contributed by atoms with Crippen LogP contribution in [-0.2, 0) is 0 Å². The molecule has 0 radical (unpaired) electrons. The number of carboxylic acid groups (broad SMARTS) is 1. The zero-order valence-corrected chi connectivity index (χ0v) is 18.1. The van der Waals surface area contributed by atoms with E-state index in [1.54, 1.807) is 0 Å². The number of phenolic OH excluding ortho intramolecular Hbond substituents is 2. The minimum atomic E-state index is -1.09. The summed E-state index contributed by atoms with van der Waals surface area (Å²) in [5.41, 5.74) is 0.409. The number of aliphatic hydroxyl groups excluding tert-OH is 1. The highest BCUT2D eigenvalue weighted by Gasteiger charge is 2.36. The molecule has 0 unspecified atom stereocenters. The van der Waals surface area contributed by atoms with Crippen LogP contribution in [0.3, 0.4) is 0 Å². The number of halogens is 1. The standard InChI is InChI=1S/C22H20BrNO7/c1-24-5-4-12(14(24)9-25)19-15(26)7-16(27)20-17(28)8-18(31-21(19)20)11-3-2-10(22(29)30)6-13(11)23/h2-3,6-8,12,14,25-27H,4-5,9H2,1H3,(H,29,30)/t12-,14+/m0/s1. The molecule has 9 heteroatoms. The quantitative estimate of drug-likeness (QED) is 0.439. The molecule has 0 amide bonds. The van der Waals surface area contributed by atoms with E-state index in [2.05, 4.69) is 15.9 Å². The van der Waals surface area contributed by atoms with Crippen molar-refractivity contribution in [3.8, 4) is 22.8 Å². The van der Waals surface area contributed by atoms with Gasteiger partial charge >= 0.3 is 5.97 Å². The lowest BCUT2D eigenvalue weighted by molar-refractivity contribution is 0.0696. The monoisotopic (exact) mass is 489 g/mol. The van der Waals surface area contributed by atoms with Crippen LogP contribution < -0.4 is 5.43 Å². The molecule has 31 heavy (non-hydrogen) atoms. The van der Waals surface area contributed by atoms with Crippen LogP contribution in [0.2, 0.25) is 0 Å². The molecular formula is C22H20BrNO7. The third-order valence-electron chi connectivity index (χ3n) is 5.86. The zero-order chi connectivity index (χ0) is 22.4. The minimum Gasteiger partial charge on any atom is -0.507 e. The van der Waals surface area contributed by atoms with Gasteiger partial charge in [-0.05, 0) is 38.2 Å². The predicted molar refractivity (Wildman–Crippen MR) is 117 cm³/mol. The fourth-order valence-electron chi connectivity index (χ4n) is 4.27. The second kappa shape index (κ2) is 7.99. The number of aromatic hydroxyl groups is 2. The fraction of sp³-hybridized carbons (Fsp3) is 0.273. The number of likely N-dealkylation sites (N-methyl/N-ethyl adjacent to an activating group) is 1. The molecule has 2 aromatic carbocycles. The summed E-state index contributed by atoms with van der Waals surface area (Å²) in [6.45, 7) is 0.541. The van der Waals surface area contributed by atoms with Crippen molar-refractivity contribution in [2.24, 2.45) is 0 Å². The number of carbonyl (C=O) groups is 1. The van der Waals surface area contributed by atoms with E-state index in [-0.39, 0.29) is 46.6 Å². The van der Waals surface area contributed by atoms with Crippen molar-refractivity contribution in [3.05, 3.63) is 56.2 Å². The molecule has 3 aromatic rings. The summed E-state index contributed by atoms with van der Waals surface area (Å²) in [5, 5.41) is 40.0. The number of benzene rings is 2. The van der Waals surface area contributed by atoms with E-state index in [1.165, 1.54) is 24.3 Å². The second-order valence-corrected chi connectivity index (χ2v) is 8.49. The van der Waals surface area contributed by atoms with Gasteiger partial charge in [0.25, 0.3) is 0 Å². The van der Waals surface area contributed by atoms with E-state index in [0.29, 0.717) is 28.6 Å². The molecule has 2 heterocycles. The molecule has 0 spiro atoms. The first-order chi connectivity index (χ1) is 14.7. The Kier molecular flexibility index (Phi) is 5.50.